The lowest BCUT2D eigenvalue weighted by molar-refractivity contribution is -0.123. The Morgan fingerprint density at radius 1 is 1.20 bits per heavy atom. The molecule has 3 heterocycles. The van der Waals surface area contributed by atoms with Gasteiger partial charge in [0.05, 0.1) is 12.5 Å². The lowest BCUT2D eigenvalue weighted by Crippen LogP contribution is -2.28. The van der Waals surface area contributed by atoms with Gasteiger partial charge in [0.25, 0.3) is 11.5 Å². The summed E-state index contributed by atoms with van der Waals surface area (Å²) in [5.41, 5.74) is 3.86. The van der Waals surface area contributed by atoms with Gasteiger partial charge in [-0.05, 0) is 48.3 Å². The average molecular weight is 488 g/mol. The lowest BCUT2D eigenvalue weighted by Gasteiger charge is -2.11. The highest BCUT2D eigenvalue weighted by molar-refractivity contribution is 7.17. The van der Waals surface area contributed by atoms with Crippen molar-refractivity contribution >= 4 is 39.1 Å². The first-order valence-corrected chi connectivity index (χ1v) is 12.3. The van der Waals surface area contributed by atoms with E-state index in [9.17, 15) is 9.59 Å². The normalized spacial score (nSPS) is 13.7. The zero-order valence-electron chi connectivity index (χ0n) is 19.5. The van der Waals surface area contributed by atoms with Gasteiger partial charge in [0.1, 0.15) is 10.7 Å². The van der Waals surface area contributed by atoms with Crippen LogP contribution in [0.1, 0.15) is 24.7 Å². The Labute approximate surface area is 206 Å². The van der Waals surface area contributed by atoms with E-state index in [1.54, 1.807) is 17.7 Å². The summed E-state index contributed by atoms with van der Waals surface area (Å²) in [5.74, 6) is 1.55. The van der Waals surface area contributed by atoms with E-state index in [-0.39, 0.29) is 18.1 Å². The van der Waals surface area contributed by atoms with Gasteiger partial charge >= 0.3 is 0 Å². The number of hydrogen-bond donors (Lipinski definition) is 1. The first kappa shape index (κ1) is 22.9. The molecule has 8 heteroatoms. The van der Waals surface area contributed by atoms with Crippen LogP contribution in [0.15, 0.2) is 58.7 Å². The van der Waals surface area contributed by atoms with Gasteiger partial charge in [-0.1, -0.05) is 36.4 Å². The zero-order valence-corrected chi connectivity index (χ0v) is 20.4. The summed E-state index contributed by atoms with van der Waals surface area (Å²) >= 11 is 1.50. The number of thiophene rings is 1. The molecule has 35 heavy (non-hydrogen) atoms. The summed E-state index contributed by atoms with van der Waals surface area (Å²) in [5, 5.41) is 5.40. The summed E-state index contributed by atoms with van der Waals surface area (Å²) in [6, 6.07) is 15.5. The van der Waals surface area contributed by atoms with E-state index in [4.69, 9.17) is 14.5 Å². The number of allylic oxidation sites excluding steroid dienone is 1. The van der Waals surface area contributed by atoms with E-state index in [1.165, 1.54) is 11.3 Å². The van der Waals surface area contributed by atoms with E-state index in [0.717, 1.165) is 33.5 Å². The van der Waals surface area contributed by atoms with E-state index in [2.05, 4.69) is 5.32 Å². The van der Waals surface area contributed by atoms with Gasteiger partial charge in [0.15, 0.2) is 18.1 Å². The van der Waals surface area contributed by atoms with Gasteiger partial charge in [0, 0.05) is 24.0 Å². The van der Waals surface area contributed by atoms with Gasteiger partial charge < -0.3 is 14.8 Å². The molecule has 0 radical (unpaired) electrons. The third-order valence-electron chi connectivity index (χ3n) is 5.93. The van der Waals surface area contributed by atoms with E-state index < -0.39 is 0 Å². The fraction of sp³-hybridized carbons (Fsp3) is 0.222. The number of carbonyl (C=O) groups is 1. The minimum atomic E-state index is -0.185. The van der Waals surface area contributed by atoms with Crippen molar-refractivity contribution in [2.24, 2.45) is 0 Å². The van der Waals surface area contributed by atoms with Crippen LogP contribution in [-0.4, -0.2) is 35.7 Å². The SMILES string of the molecule is CCNC(=O)COc1ccc(/C=C2\CCn3c2nc2scc(-c4ccccc4)c2c3=O)cc1OC. The molecule has 178 valence electrons. The van der Waals surface area contributed by atoms with Gasteiger partial charge in [-0.15, -0.1) is 11.3 Å². The molecule has 0 atom stereocenters. The van der Waals surface area contributed by atoms with Crippen molar-refractivity contribution in [1.29, 1.82) is 0 Å². The Morgan fingerprint density at radius 2 is 2.03 bits per heavy atom. The fourth-order valence-electron chi connectivity index (χ4n) is 4.27. The third-order valence-corrected chi connectivity index (χ3v) is 6.80. The summed E-state index contributed by atoms with van der Waals surface area (Å²) in [7, 11) is 1.56. The van der Waals surface area contributed by atoms with Crippen molar-refractivity contribution in [2.75, 3.05) is 20.3 Å². The first-order chi connectivity index (χ1) is 17.1. The Hall–Kier alpha value is -3.91. The molecule has 7 nitrogen and oxygen atoms in total. The molecular weight excluding hydrogens is 462 g/mol. The molecule has 1 aliphatic rings. The zero-order chi connectivity index (χ0) is 24.4. The maximum atomic E-state index is 13.4. The predicted octanol–water partition coefficient (Wildman–Crippen LogP) is 4.59. The molecule has 0 saturated carbocycles. The van der Waals surface area contributed by atoms with E-state index in [0.29, 0.717) is 35.8 Å². The highest BCUT2D eigenvalue weighted by atomic mass is 32.1. The van der Waals surface area contributed by atoms with Crippen molar-refractivity contribution in [2.45, 2.75) is 19.9 Å². The quantitative estimate of drug-likeness (QED) is 0.412. The number of amides is 1. The summed E-state index contributed by atoms with van der Waals surface area (Å²) in [6.45, 7) is 2.93. The smallest absolute Gasteiger partial charge is 0.263 e. The second-order valence-electron chi connectivity index (χ2n) is 8.16. The number of fused-ring (bicyclic) bond motifs is 2. The molecule has 2 aromatic heterocycles. The van der Waals surface area contributed by atoms with Crippen LogP contribution in [0.3, 0.4) is 0 Å². The first-order valence-electron chi connectivity index (χ1n) is 11.4. The van der Waals surface area contributed by atoms with Crippen LogP contribution in [0, 0.1) is 0 Å². The minimum Gasteiger partial charge on any atom is -0.493 e. The number of likely N-dealkylation sites (N-methyl/N-ethyl adjacent to an activating group) is 1. The lowest BCUT2D eigenvalue weighted by atomic mass is 10.1. The van der Waals surface area contributed by atoms with Crippen LogP contribution in [0.25, 0.3) is 33.0 Å². The molecule has 1 aliphatic heterocycles. The van der Waals surface area contributed by atoms with Crippen molar-refractivity contribution < 1.29 is 14.3 Å². The Morgan fingerprint density at radius 3 is 2.80 bits per heavy atom. The monoisotopic (exact) mass is 487 g/mol. The Kier molecular flexibility index (Phi) is 6.37. The third kappa shape index (κ3) is 4.44. The summed E-state index contributed by atoms with van der Waals surface area (Å²) < 4.78 is 12.9. The molecule has 0 saturated heterocycles. The molecule has 0 fully saturated rings. The van der Waals surface area contributed by atoms with Crippen LogP contribution >= 0.6 is 11.3 Å². The topological polar surface area (TPSA) is 82.5 Å². The molecule has 0 bridgehead atoms. The van der Waals surface area contributed by atoms with Crippen molar-refractivity contribution in [3.63, 3.8) is 0 Å². The van der Waals surface area contributed by atoms with Crippen molar-refractivity contribution in [1.82, 2.24) is 14.9 Å². The standard InChI is InChI=1S/C27H25N3O4S/c1-3-28-23(31)15-34-21-10-9-17(14-22(21)33-2)13-19-11-12-30-25(19)29-26-24(27(30)32)20(16-35-26)18-7-5-4-6-8-18/h4-10,13-14,16H,3,11-12,15H2,1-2H3,(H,28,31)/b19-13+. The molecule has 0 spiro atoms. The molecule has 2 aromatic carbocycles. The maximum absolute atomic E-state index is 13.4. The van der Waals surface area contributed by atoms with E-state index >= 15 is 0 Å². The van der Waals surface area contributed by atoms with Gasteiger partial charge in [-0.2, -0.15) is 0 Å². The molecule has 0 unspecified atom stereocenters. The summed E-state index contributed by atoms with van der Waals surface area (Å²) in [4.78, 5) is 30.8. The van der Waals surface area contributed by atoms with Crippen LogP contribution in [0.2, 0.25) is 0 Å². The van der Waals surface area contributed by atoms with Crippen LogP contribution < -0.4 is 20.3 Å². The highest BCUT2D eigenvalue weighted by Gasteiger charge is 2.23. The number of nitrogens with one attached hydrogen (secondary N) is 1. The molecule has 1 amide bonds. The minimum absolute atomic E-state index is 0.000174. The molecule has 0 aliphatic carbocycles. The van der Waals surface area contributed by atoms with Gasteiger partial charge in [-0.3, -0.25) is 14.2 Å². The number of hydrogen-bond acceptors (Lipinski definition) is 6. The maximum Gasteiger partial charge on any atom is 0.263 e. The second-order valence-corrected chi connectivity index (χ2v) is 9.02. The van der Waals surface area contributed by atoms with Crippen LogP contribution in [0.5, 0.6) is 11.5 Å². The summed E-state index contributed by atoms with van der Waals surface area (Å²) in [6.07, 6.45) is 2.75. The number of rotatable bonds is 7. The molecule has 1 N–H and O–H groups in total. The van der Waals surface area contributed by atoms with Crippen LogP contribution in [0.4, 0.5) is 0 Å². The van der Waals surface area contributed by atoms with Crippen molar-refractivity contribution in [3.8, 4) is 22.6 Å². The average Bonchev–Trinajstić information content (AvgIpc) is 3.49. The number of aromatic nitrogens is 2. The van der Waals surface area contributed by atoms with Crippen LogP contribution in [-0.2, 0) is 11.3 Å². The Balaban J connectivity index is 1.47. The number of benzene rings is 2. The largest absolute Gasteiger partial charge is 0.493 e. The van der Waals surface area contributed by atoms with Crippen molar-refractivity contribution in [3.05, 3.63) is 75.7 Å². The fourth-order valence-corrected chi connectivity index (χ4v) is 5.21. The molecular formula is C27H25N3O4S. The van der Waals surface area contributed by atoms with E-state index in [1.807, 2.05) is 60.8 Å². The molecule has 5 rings (SSSR count). The number of nitrogens with zero attached hydrogens (tertiary/aromatic N) is 2. The number of carbonyl (C=O) groups excluding carboxylic acids is 1. The second kappa shape index (κ2) is 9.76. The van der Waals surface area contributed by atoms with Gasteiger partial charge in [-0.25, -0.2) is 4.98 Å². The number of methoxy groups -OCH3 is 1. The highest BCUT2D eigenvalue weighted by Crippen LogP contribution is 2.35. The van der Waals surface area contributed by atoms with Gasteiger partial charge in [0.2, 0.25) is 0 Å². The number of ether oxygens (including phenoxy) is 2. The Bertz CT molecular complexity index is 1490. The predicted molar refractivity (Wildman–Crippen MR) is 139 cm³/mol. The molecule has 4 aromatic rings.